The van der Waals surface area contributed by atoms with Gasteiger partial charge in [-0.25, -0.2) is 0 Å². The number of para-hydroxylation sites is 2. The van der Waals surface area contributed by atoms with Crippen LogP contribution in [0.15, 0.2) is 48.5 Å². The van der Waals surface area contributed by atoms with Crippen molar-refractivity contribution < 1.29 is 4.74 Å². The van der Waals surface area contributed by atoms with Gasteiger partial charge in [-0.05, 0) is 0 Å². The number of rotatable bonds is 0. The molecule has 2 aromatic carbocycles. The summed E-state index contributed by atoms with van der Waals surface area (Å²) in [7, 11) is 13.2. The number of benzene rings is 2. The first-order valence-electron chi connectivity index (χ1n) is 4.94. The van der Waals surface area contributed by atoms with E-state index in [-0.39, 0.29) is 0 Å². The van der Waals surface area contributed by atoms with Crippen molar-refractivity contribution in [2.75, 3.05) is 0 Å². The summed E-state index contributed by atoms with van der Waals surface area (Å²) < 4.78 is 7.74. The molecule has 0 fully saturated rings. The second kappa shape index (κ2) is 3.70. The molecule has 0 saturated heterocycles. The van der Waals surface area contributed by atoms with Crippen LogP contribution in [0.25, 0.3) is 0 Å². The standard InChI is InChI=1S/C12H9AsCl2O/c14-13(15)9-5-1-3-7-11(9)16-12-8-4-2-6-10(12)13/h1-8,13H. The molecule has 1 heterocycles. The molecule has 0 amide bonds. The molecule has 0 radical (unpaired) electrons. The maximum atomic E-state index is 6.61. The maximum absolute atomic E-state index is 6.61. The van der Waals surface area contributed by atoms with Crippen molar-refractivity contribution in [3.8, 4) is 11.5 Å². The van der Waals surface area contributed by atoms with E-state index in [4.69, 9.17) is 24.6 Å². The van der Waals surface area contributed by atoms with Crippen molar-refractivity contribution in [3.63, 3.8) is 0 Å². The first-order valence-corrected chi connectivity index (χ1v) is 12.6. The number of fused-ring (bicyclic) bond motifs is 2. The molecule has 0 unspecified atom stereocenters. The van der Waals surface area contributed by atoms with Gasteiger partial charge in [0.05, 0.1) is 0 Å². The topological polar surface area (TPSA) is 9.23 Å². The Morgan fingerprint density at radius 2 is 1.19 bits per heavy atom. The average molecular weight is 315 g/mol. The zero-order valence-corrected chi connectivity index (χ0v) is 11.9. The Morgan fingerprint density at radius 1 is 0.750 bits per heavy atom. The van der Waals surface area contributed by atoms with Crippen LogP contribution in [0.5, 0.6) is 11.5 Å². The number of hydrogen-bond acceptors (Lipinski definition) is 1. The van der Waals surface area contributed by atoms with Gasteiger partial charge < -0.3 is 0 Å². The minimum atomic E-state index is -3.16. The zero-order valence-electron chi connectivity index (χ0n) is 8.28. The molecule has 2 aromatic rings. The van der Waals surface area contributed by atoms with E-state index in [0.717, 1.165) is 20.2 Å². The molecule has 1 aliphatic heterocycles. The van der Waals surface area contributed by atoms with Crippen LogP contribution >= 0.6 is 19.9 Å². The Bertz CT molecular complexity index is 507. The summed E-state index contributed by atoms with van der Waals surface area (Å²) in [6, 6.07) is 15.5. The van der Waals surface area contributed by atoms with Crippen molar-refractivity contribution >= 4 is 40.3 Å². The first-order chi connectivity index (χ1) is 7.69. The molecule has 0 aromatic heterocycles. The second-order valence-electron chi connectivity index (χ2n) is 3.67. The third-order valence-corrected chi connectivity index (χ3v) is 11.5. The second-order valence-corrected chi connectivity index (χ2v) is 15.2. The van der Waals surface area contributed by atoms with Gasteiger partial charge in [-0.3, -0.25) is 0 Å². The Balaban J connectivity index is 2.28. The normalized spacial score (nSPS) is 17.9. The van der Waals surface area contributed by atoms with E-state index >= 15 is 0 Å². The van der Waals surface area contributed by atoms with Crippen LogP contribution in [0.4, 0.5) is 0 Å². The minimum absolute atomic E-state index is 0.797. The van der Waals surface area contributed by atoms with E-state index in [9.17, 15) is 0 Å². The summed E-state index contributed by atoms with van der Waals surface area (Å²) in [6.45, 7) is 0. The molecule has 1 aliphatic rings. The number of ether oxygens (including phenoxy) is 1. The quantitative estimate of drug-likeness (QED) is 0.679. The Morgan fingerprint density at radius 3 is 1.69 bits per heavy atom. The summed E-state index contributed by atoms with van der Waals surface area (Å²) in [5.74, 6) is 1.59. The molecule has 0 atom stereocenters. The molecule has 0 N–H and O–H groups in total. The molecule has 0 bridgehead atoms. The summed E-state index contributed by atoms with van der Waals surface area (Å²) >= 11 is -3.16. The fraction of sp³-hybridized carbons (Fsp3) is 0. The van der Waals surface area contributed by atoms with Crippen LogP contribution in [-0.4, -0.2) is 11.7 Å². The van der Waals surface area contributed by atoms with Gasteiger partial charge >= 0.3 is 105 Å². The van der Waals surface area contributed by atoms with Crippen LogP contribution < -0.4 is 13.4 Å². The van der Waals surface area contributed by atoms with Crippen LogP contribution in [0.1, 0.15) is 0 Å². The molecule has 82 valence electrons. The van der Waals surface area contributed by atoms with Crippen LogP contribution in [0, 0.1) is 0 Å². The van der Waals surface area contributed by atoms with E-state index in [1.807, 2.05) is 48.5 Å². The summed E-state index contributed by atoms with van der Waals surface area (Å²) in [6.07, 6.45) is 0. The SMILES string of the molecule is Cl[AsH]1(Cl)c2ccccc2Oc2ccccc21. The molecule has 4 heteroatoms. The predicted octanol–water partition coefficient (Wildman–Crippen LogP) is 2.56. The van der Waals surface area contributed by atoms with Crippen LogP contribution in [0.3, 0.4) is 0 Å². The van der Waals surface area contributed by atoms with Gasteiger partial charge in [-0.2, -0.15) is 0 Å². The van der Waals surface area contributed by atoms with E-state index in [0.29, 0.717) is 0 Å². The van der Waals surface area contributed by atoms with E-state index in [2.05, 4.69) is 0 Å². The first kappa shape index (κ1) is 10.5. The molecule has 0 spiro atoms. The number of halogens is 2. The van der Waals surface area contributed by atoms with E-state index in [1.165, 1.54) is 0 Å². The zero-order chi connectivity index (χ0) is 11.2. The average Bonchev–Trinajstić information content (AvgIpc) is 2.29. The summed E-state index contributed by atoms with van der Waals surface area (Å²) in [5, 5.41) is 0. The fourth-order valence-electron chi connectivity index (χ4n) is 1.89. The van der Waals surface area contributed by atoms with Crippen molar-refractivity contribution in [1.29, 1.82) is 0 Å². The van der Waals surface area contributed by atoms with Crippen molar-refractivity contribution in [2.24, 2.45) is 0 Å². The molecule has 0 saturated carbocycles. The van der Waals surface area contributed by atoms with Gasteiger partial charge in [-0.1, -0.05) is 0 Å². The van der Waals surface area contributed by atoms with Gasteiger partial charge in [0.2, 0.25) is 0 Å². The van der Waals surface area contributed by atoms with E-state index < -0.39 is 11.7 Å². The predicted molar refractivity (Wildman–Crippen MR) is 71.1 cm³/mol. The number of hydrogen-bond donors (Lipinski definition) is 0. The van der Waals surface area contributed by atoms with Crippen molar-refractivity contribution in [2.45, 2.75) is 0 Å². The van der Waals surface area contributed by atoms with Crippen molar-refractivity contribution in [3.05, 3.63) is 48.5 Å². The van der Waals surface area contributed by atoms with Gasteiger partial charge in [-0.15, -0.1) is 0 Å². The monoisotopic (exact) mass is 314 g/mol. The van der Waals surface area contributed by atoms with E-state index in [1.54, 1.807) is 0 Å². The Hall–Kier alpha value is -0.622. The summed E-state index contributed by atoms with van der Waals surface area (Å²) in [4.78, 5) is 0. The van der Waals surface area contributed by atoms with Crippen molar-refractivity contribution in [1.82, 2.24) is 0 Å². The van der Waals surface area contributed by atoms with Gasteiger partial charge in [0, 0.05) is 0 Å². The molecular weight excluding hydrogens is 306 g/mol. The van der Waals surface area contributed by atoms with Crippen LogP contribution in [-0.2, 0) is 0 Å². The molecule has 0 aliphatic carbocycles. The third kappa shape index (κ3) is 1.47. The molecule has 16 heavy (non-hydrogen) atoms. The van der Waals surface area contributed by atoms with Gasteiger partial charge in [0.25, 0.3) is 0 Å². The van der Waals surface area contributed by atoms with Gasteiger partial charge in [0.1, 0.15) is 0 Å². The third-order valence-electron chi connectivity index (χ3n) is 2.67. The Kier molecular flexibility index (Phi) is 2.43. The molecule has 1 nitrogen and oxygen atoms in total. The van der Waals surface area contributed by atoms with Gasteiger partial charge in [0.15, 0.2) is 0 Å². The fourth-order valence-corrected chi connectivity index (χ4v) is 8.89. The Labute approximate surface area is 105 Å². The summed E-state index contributed by atoms with van der Waals surface area (Å²) in [5.41, 5.74) is 0. The molecule has 3 rings (SSSR count). The van der Waals surface area contributed by atoms with Crippen LogP contribution in [0.2, 0.25) is 0 Å². The molecular formula is C12H9AsCl2O.